The van der Waals surface area contributed by atoms with Crippen molar-refractivity contribution in [2.45, 2.75) is 13.6 Å². The molecule has 6 heteroatoms. The first-order chi connectivity index (χ1) is 9.75. The molecule has 1 N–H and O–H groups in total. The van der Waals surface area contributed by atoms with Gasteiger partial charge in [0.05, 0.1) is 23.9 Å². The highest BCUT2D eigenvalue weighted by atomic mass is 35.5. The van der Waals surface area contributed by atoms with Crippen LogP contribution in [0.5, 0.6) is 0 Å². The maximum atomic E-state index is 12.3. The number of rotatable bonds is 3. The van der Waals surface area contributed by atoms with E-state index < -0.39 is 0 Å². The number of fused-ring (bicyclic) bond motifs is 1. The van der Waals surface area contributed by atoms with E-state index in [0.29, 0.717) is 12.1 Å². The van der Waals surface area contributed by atoms with Crippen LogP contribution in [0.1, 0.15) is 5.56 Å². The van der Waals surface area contributed by atoms with Gasteiger partial charge in [0.15, 0.2) is 0 Å². The summed E-state index contributed by atoms with van der Waals surface area (Å²) in [5.74, 6) is 0. The standard InChI is InChI=1S/C16H15N3O.2ClH/c1-12-6-2-4-8-14(12)17-10-19-11-18-15-9-5-3-7-13(15)16(19)20;;/h2-9,11,17H,10H2,1H3;2*1H. The van der Waals surface area contributed by atoms with Crippen LogP contribution < -0.4 is 10.9 Å². The molecule has 22 heavy (non-hydrogen) atoms. The van der Waals surface area contributed by atoms with Crippen LogP contribution >= 0.6 is 24.8 Å². The van der Waals surface area contributed by atoms with Crippen LogP contribution in [0.3, 0.4) is 0 Å². The second kappa shape index (κ2) is 7.82. The fraction of sp³-hybridized carbons (Fsp3) is 0.125. The maximum absolute atomic E-state index is 12.3. The third-order valence-corrected chi connectivity index (χ3v) is 3.32. The highest BCUT2D eigenvalue weighted by molar-refractivity contribution is 5.85. The molecule has 3 rings (SSSR count). The van der Waals surface area contributed by atoms with E-state index in [1.54, 1.807) is 17.0 Å². The van der Waals surface area contributed by atoms with Gasteiger partial charge in [-0.15, -0.1) is 24.8 Å². The van der Waals surface area contributed by atoms with Crippen molar-refractivity contribution >= 4 is 41.4 Å². The van der Waals surface area contributed by atoms with E-state index in [1.807, 2.05) is 49.4 Å². The molecule has 0 spiro atoms. The molecule has 0 bridgehead atoms. The van der Waals surface area contributed by atoms with Crippen LogP contribution in [0, 0.1) is 6.92 Å². The molecule has 0 unspecified atom stereocenters. The van der Waals surface area contributed by atoms with Gasteiger partial charge >= 0.3 is 0 Å². The van der Waals surface area contributed by atoms with Crippen LogP contribution in [-0.2, 0) is 6.67 Å². The Hall–Kier alpha value is -2.04. The molecule has 0 atom stereocenters. The molecule has 0 saturated carbocycles. The number of benzene rings is 2. The van der Waals surface area contributed by atoms with E-state index in [4.69, 9.17) is 0 Å². The van der Waals surface area contributed by atoms with E-state index in [9.17, 15) is 4.79 Å². The highest BCUT2D eigenvalue weighted by Gasteiger charge is 2.03. The van der Waals surface area contributed by atoms with Crippen molar-refractivity contribution in [1.82, 2.24) is 9.55 Å². The van der Waals surface area contributed by atoms with Gasteiger partial charge in [-0.25, -0.2) is 4.98 Å². The van der Waals surface area contributed by atoms with Gasteiger partial charge in [0.2, 0.25) is 0 Å². The normalized spacial score (nSPS) is 9.68. The number of anilines is 1. The third-order valence-electron chi connectivity index (χ3n) is 3.32. The van der Waals surface area contributed by atoms with Crippen molar-refractivity contribution in [3.05, 3.63) is 70.8 Å². The molecular formula is C16H17Cl2N3O. The Bertz CT molecular complexity index is 818. The number of para-hydroxylation sites is 2. The predicted octanol–water partition coefficient (Wildman–Crippen LogP) is 3.62. The summed E-state index contributed by atoms with van der Waals surface area (Å²) < 4.78 is 1.58. The second-order valence-electron chi connectivity index (χ2n) is 4.69. The molecule has 0 aliphatic carbocycles. The number of aromatic nitrogens is 2. The Balaban J connectivity index is 0.00000121. The molecule has 0 amide bonds. The summed E-state index contributed by atoms with van der Waals surface area (Å²) >= 11 is 0. The second-order valence-corrected chi connectivity index (χ2v) is 4.69. The number of aryl methyl sites for hydroxylation is 1. The lowest BCUT2D eigenvalue weighted by Gasteiger charge is -2.11. The zero-order valence-electron chi connectivity index (χ0n) is 12.0. The smallest absolute Gasteiger partial charge is 0.262 e. The number of nitrogens with one attached hydrogen (secondary N) is 1. The van der Waals surface area contributed by atoms with Gasteiger partial charge < -0.3 is 5.32 Å². The minimum absolute atomic E-state index is 0. The summed E-state index contributed by atoms with van der Waals surface area (Å²) in [4.78, 5) is 16.6. The van der Waals surface area contributed by atoms with Crippen LogP contribution in [0.2, 0.25) is 0 Å². The fourth-order valence-electron chi connectivity index (χ4n) is 2.16. The molecule has 2 aromatic carbocycles. The van der Waals surface area contributed by atoms with Crippen LogP contribution in [-0.4, -0.2) is 9.55 Å². The number of hydrogen-bond acceptors (Lipinski definition) is 3. The highest BCUT2D eigenvalue weighted by Crippen LogP contribution is 2.13. The number of halogens is 2. The van der Waals surface area contributed by atoms with Gasteiger partial charge in [-0.1, -0.05) is 30.3 Å². The van der Waals surface area contributed by atoms with Crippen LogP contribution in [0.25, 0.3) is 10.9 Å². The first-order valence-corrected chi connectivity index (χ1v) is 6.49. The molecule has 3 aromatic rings. The Morgan fingerprint density at radius 2 is 1.73 bits per heavy atom. The zero-order chi connectivity index (χ0) is 13.9. The molecule has 4 nitrogen and oxygen atoms in total. The SMILES string of the molecule is Cc1ccccc1NCn1cnc2ccccc2c1=O.Cl.Cl. The number of hydrogen-bond donors (Lipinski definition) is 1. The average Bonchev–Trinajstić information content (AvgIpc) is 2.48. The van der Waals surface area contributed by atoms with E-state index in [0.717, 1.165) is 16.8 Å². The summed E-state index contributed by atoms with van der Waals surface area (Å²) in [5, 5.41) is 3.90. The molecule has 116 valence electrons. The van der Waals surface area contributed by atoms with Gasteiger partial charge in [0, 0.05) is 5.69 Å². The molecular weight excluding hydrogens is 321 g/mol. The van der Waals surface area contributed by atoms with Crippen molar-refractivity contribution in [2.75, 3.05) is 5.32 Å². The largest absolute Gasteiger partial charge is 0.367 e. The lowest BCUT2D eigenvalue weighted by molar-refractivity contribution is 0.728. The first kappa shape index (κ1) is 18.0. The Kier molecular flexibility index (Phi) is 6.40. The van der Waals surface area contributed by atoms with E-state index >= 15 is 0 Å². The minimum atomic E-state index is -0.0308. The van der Waals surface area contributed by atoms with Gasteiger partial charge in [0.1, 0.15) is 0 Å². The Morgan fingerprint density at radius 3 is 2.50 bits per heavy atom. The van der Waals surface area contributed by atoms with E-state index in [2.05, 4.69) is 10.3 Å². The molecule has 0 aliphatic heterocycles. The summed E-state index contributed by atoms with van der Waals surface area (Å²) in [6.45, 7) is 2.44. The van der Waals surface area contributed by atoms with E-state index in [1.165, 1.54) is 0 Å². The topological polar surface area (TPSA) is 46.9 Å². The van der Waals surface area contributed by atoms with Crippen molar-refractivity contribution < 1.29 is 0 Å². The van der Waals surface area contributed by atoms with Crippen molar-refractivity contribution in [3.63, 3.8) is 0 Å². The molecule has 0 radical (unpaired) electrons. The van der Waals surface area contributed by atoms with Crippen LogP contribution in [0.4, 0.5) is 5.69 Å². The lowest BCUT2D eigenvalue weighted by Crippen LogP contribution is -2.24. The Labute approximate surface area is 141 Å². The molecule has 0 aliphatic rings. The molecule has 1 aromatic heterocycles. The van der Waals surface area contributed by atoms with Gasteiger partial charge in [-0.3, -0.25) is 9.36 Å². The van der Waals surface area contributed by atoms with Crippen molar-refractivity contribution in [1.29, 1.82) is 0 Å². The third kappa shape index (κ3) is 3.59. The van der Waals surface area contributed by atoms with E-state index in [-0.39, 0.29) is 30.4 Å². The first-order valence-electron chi connectivity index (χ1n) is 6.49. The molecule has 0 fully saturated rings. The maximum Gasteiger partial charge on any atom is 0.262 e. The summed E-state index contributed by atoms with van der Waals surface area (Å²) in [6, 6.07) is 15.4. The molecule has 1 heterocycles. The van der Waals surface area contributed by atoms with Crippen molar-refractivity contribution in [2.24, 2.45) is 0 Å². The quantitative estimate of drug-likeness (QED) is 0.793. The lowest BCUT2D eigenvalue weighted by atomic mass is 10.2. The van der Waals surface area contributed by atoms with Crippen LogP contribution in [0.15, 0.2) is 59.7 Å². The van der Waals surface area contributed by atoms with Gasteiger partial charge in [-0.2, -0.15) is 0 Å². The summed E-state index contributed by atoms with van der Waals surface area (Å²) in [5.41, 5.74) is 2.86. The minimum Gasteiger partial charge on any atom is -0.367 e. The Morgan fingerprint density at radius 1 is 1.05 bits per heavy atom. The summed E-state index contributed by atoms with van der Waals surface area (Å²) in [7, 11) is 0. The summed E-state index contributed by atoms with van der Waals surface area (Å²) in [6.07, 6.45) is 1.58. The predicted molar refractivity (Wildman–Crippen MR) is 95.3 cm³/mol. The van der Waals surface area contributed by atoms with Crippen molar-refractivity contribution in [3.8, 4) is 0 Å². The van der Waals surface area contributed by atoms with Gasteiger partial charge in [-0.05, 0) is 30.7 Å². The molecule has 0 saturated heterocycles. The van der Waals surface area contributed by atoms with Gasteiger partial charge in [0.25, 0.3) is 5.56 Å². The zero-order valence-corrected chi connectivity index (χ0v) is 13.7. The fourth-order valence-corrected chi connectivity index (χ4v) is 2.16. The number of nitrogens with zero attached hydrogens (tertiary/aromatic N) is 2. The monoisotopic (exact) mass is 337 g/mol. The average molecular weight is 338 g/mol.